The highest BCUT2D eigenvalue weighted by molar-refractivity contribution is 5.77. The van der Waals surface area contributed by atoms with Crippen molar-refractivity contribution >= 4 is 0 Å². The molecule has 1 fully saturated rings. The Hall–Kier alpha value is -1.97. The van der Waals surface area contributed by atoms with Crippen LogP contribution in [0.25, 0.3) is 11.1 Å². The maximum Gasteiger partial charge on any atom is 0.427 e. The lowest BCUT2D eigenvalue weighted by Gasteiger charge is -2.32. The molecule has 4 rings (SSSR count). The average Bonchev–Trinajstić information content (AvgIpc) is 2.94. The van der Waals surface area contributed by atoms with Gasteiger partial charge in [0.2, 0.25) is 0 Å². The zero-order chi connectivity index (χ0) is 27.7. The van der Waals surface area contributed by atoms with Crippen LogP contribution in [-0.4, -0.2) is 0 Å². The van der Waals surface area contributed by atoms with Gasteiger partial charge in [-0.2, -0.15) is 8.78 Å². The quantitative estimate of drug-likeness (QED) is 0.203. The lowest BCUT2D eigenvalue weighted by molar-refractivity contribution is -0.188. The molecule has 0 radical (unpaired) electrons. The van der Waals surface area contributed by atoms with Gasteiger partial charge in [-0.15, -0.1) is 0 Å². The molecule has 216 valence electrons. The summed E-state index contributed by atoms with van der Waals surface area (Å²) >= 11 is 0. The summed E-state index contributed by atoms with van der Waals surface area (Å²) in [5, 5.41) is 0. The van der Waals surface area contributed by atoms with E-state index in [1.54, 1.807) is 24.3 Å². The fourth-order valence-corrected chi connectivity index (χ4v) is 6.67. The van der Waals surface area contributed by atoms with E-state index in [2.05, 4.69) is 13.8 Å². The first-order valence-electron chi connectivity index (χ1n) is 16.0. The van der Waals surface area contributed by atoms with Crippen molar-refractivity contribution in [2.75, 3.05) is 0 Å². The van der Waals surface area contributed by atoms with Gasteiger partial charge in [-0.1, -0.05) is 115 Å². The number of benzene rings is 2. The molecule has 0 amide bonds. The van der Waals surface area contributed by atoms with E-state index in [0.717, 1.165) is 43.6 Å². The monoisotopic (exact) mass is 542 g/mol. The van der Waals surface area contributed by atoms with Gasteiger partial charge in [-0.25, -0.2) is 4.39 Å². The smallest absolute Gasteiger partial charge is 0.425 e. The van der Waals surface area contributed by atoms with Gasteiger partial charge < -0.3 is 4.74 Å². The maximum atomic E-state index is 15.3. The molecule has 1 aliphatic heterocycles. The molecule has 0 N–H and O–H groups in total. The van der Waals surface area contributed by atoms with Crippen LogP contribution in [0.1, 0.15) is 146 Å². The molecule has 2 aliphatic rings. The Morgan fingerprint density at radius 2 is 1.36 bits per heavy atom. The largest absolute Gasteiger partial charge is 0.427 e. The topological polar surface area (TPSA) is 9.23 Å². The van der Waals surface area contributed by atoms with Crippen LogP contribution in [-0.2, 0) is 12.5 Å². The zero-order valence-electron chi connectivity index (χ0n) is 24.3. The van der Waals surface area contributed by atoms with Crippen molar-refractivity contribution in [3.8, 4) is 16.9 Å². The van der Waals surface area contributed by atoms with E-state index in [-0.39, 0.29) is 11.3 Å². The Kier molecular flexibility index (Phi) is 11.2. The van der Waals surface area contributed by atoms with Crippen molar-refractivity contribution in [2.45, 2.75) is 141 Å². The Morgan fingerprint density at radius 1 is 0.744 bits per heavy atom. The number of halogens is 3. The van der Waals surface area contributed by atoms with Gasteiger partial charge in [0.15, 0.2) is 11.6 Å². The number of rotatable bonds is 15. The number of hydrogen-bond acceptors (Lipinski definition) is 1. The van der Waals surface area contributed by atoms with E-state index in [0.29, 0.717) is 29.0 Å². The van der Waals surface area contributed by atoms with Gasteiger partial charge in [-0.3, -0.25) is 0 Å². The van der Waals surface area contributed by atoms with Crippen LogP contribution in [0.5, 0.6) is 5.75 Å². The first kappa shape index (κ1) is 30.0. The molecular weight excluding hydrogens is 493 g/mol. The van der Waals surface area contributed by atoms with Crippen LogP contribution < -0.4 is 4.74 Å². The predicted octanol–water partition coefficient (Wildman–Crippen LogP) is 11.9. The Balaban J connectivity index is 1.37. The summed E-state index contributed by atoms with van der Waals surface area (Å²) in [5.74, 6) is 0.165. The summed E-state index contributed by atoms with van der Waals surface area (Å²) in [7, 11) is 0. The SMILES string of the molecule is CCCCCCCCc1ccc2c(c1F)OC(F)(F)c1cc(C3CCC(CCCCCCCC)CC3)ccc1-2. The van der Waals surface area contributed by atoms with Gasteiger partial charge in [0, 0.05) is 5.56 Å². The van der Waals surface area contributed by atoms with Crippen LogP contribution in [0.3, 0.4) is 0 Å². The maximum absolute atomic E-state index is 15.3. The fourth-order valence-electron chi connectivity index (χ4n) is 6.67. The molecule has 2 aromatic rings. The molecule has 1 saturated carbocycles. The molecule has 1 aliphatic carbocycles. The fraction of sp³-hybridized carbons (Fsp3) is 0.657. The molecule has 0 unspecified atom stereocenters. The van der Waals surface area contributed by atoms with Crippen molar-refractivity contribution < 1.29 is 17.9 Å². The highest BCUT2D eigenvalue weighted by Crippen LogP contribution is 2.50. The van der Waals surface area contributed by atoms with Gasteiger partial charge in [0.05, 0.1) is 5.56 Å². The molecule has 0 aromatic heterocycles. The van der Waals surface area contributed by atoms with E-state index < -0.39 is 11.9 Å². The number of unbranched alkanes of at least 4 members (excludes halogenated alkanes) is 10. The number of fused-ring (bicyclic) bond motifs is 3. The van der Waals surface area contributed by atoms with Crippen molar-refractivity contribution in [1.29, 1.82) is 0 Å². The summed E-state index contributed by atoms with van der Waals surface area (Å²) in [6, 6.07) is 8.93. The van der Waals surface area contributed by atoms with Crippen molar-refractivity contribution in [3.05, 3.63) is 52.8 Å². The third-order valence-electron chi connectivity index (χ3n) is 9.14. The molecule has 2 aromatic carbocycles. The molecule has 1 heterocycles. The van der Waals surface area contributed by atoms with E-state index in [9.17, 15) is 0 Å². The summed E-state index contributed by atoms with van der Waals surface area (Å²) in [6.45, 7) is 4.43. The van der Waals surface area contributed by atoms with Crippen LogP contribution in [0, 0.1) is 11.7 Å². The molecule has 0 spiro atoms. The highest BCUT2D eigenvalue weighted by Gasteiger charge is 2.44. The normalized spacial score (nSPS) is 19.8. The Morgan fingerprint density at radius 3 is 2.05 bits per heavy atom. The van der Waals surface area contributed by atoms with Crippen LogP contribution >= 0.6 is 0 Å². The van der Waals surface area contributed by atoms with Crippen LogP contribution in [0.2, 0.25) is 0 Å². The van der Waals surface area contributed by atoms with Crippen molar-refractivity contribution in [1.82, 2.24) is 0 Å². The third kappa shape index (κ3) is 7.82. The van der Waals surface area contributed by atoms with Crippen LogP contribution in [0.15, 0.2) is 30.3 Å². The van der Waals surface area contributed by atoms with E-state index in [1.807, 2.05) is 6.07 Å². The summed E-state index contributed by atoms with van der Waals surface area (Å²) < 4.78 is 51.0. The lowest BCUT2D eigenvalue weighted by atomic mass is 9.76. The standard InChI is InChI=1S/C35H49F3O/c1-3-5-7-9-11-13-15-26-17-19-27(20-18-26)29-22-23-30-31-24-21-28(16-14-12-10-8-6-4-2)33(36)34(31)39-35(37,38)32(30)25-29/h21-27H,3-20H2,1-2H3. The molecule has 0 bridgehead atoms. The number of alkyl halides is 2. The van der Waals surface area contributed by atoms with E-state index >= 15 is 13.2 Å². The average molecular weight is 543 g/mol. The number of aryl methyl sites for hydroxylation is 1. The van der Waals surface area contributed by atoms with E-state index in [4.69, 9.17) is 4.74 Å². The predicted molar refractivity (Wildman–Crippen MR) is 156 cm³/mol. The van der Waals surface area contributed by atoms with E-state index in [1.165, 1.54) is 77.0 Å². The Labute approximate surface area is 234 Å². The van der Waals surface area contributed by atoms with Crippen molar-refractivity contribution in [2.24, 2.45) is 5.92 Å². The minimum Gasteiger partial charge on any atom is -0.425 e. The second kappa shape index (κ2) is 14.6. The summed E-state index contributed by atoms with van der Waals surface area (Å²) in [6.07, 6.45) is 17.4. The highest BCUT2D eigenvalue weighted by atomic mass is 19.3. The molecule has 0 atom stereocenters. The van der Waals surface area contributed by atoms with Gasteiger partial charge in [0.25, 0.3) is 0 Å². The third-order valence-corrected chi connectivity index (χ3v) is 9.14. The lowest BCUT2D eigenvalue weighted by Crippen LogP contribution is -2.28. The number of hydrogen-bond donors (Lipinski definition) is 0. The molecule has 0 saturated heterocycles. The number of ether oxygens (including phenoxy) is 1. The molecule has 39 heavy (non-hydrogen) atoms. The Bertz CT molecular complexity index is 1040. The minimum atomic E-state index is -3.53. The van der Waals surface area contributed by atoms with Crippen molar-refractivity contribution in [3.63, 3.8) is 0 Å². The molecule has 1 nitrogen and oxygen atoms in total. The summed E-state index contributed by atoms with van der Waals surface area (Å²) in [4.78, 5) is 0. The first-order chi connectivity index (χ1) is 18.9. The summed E-state index contributed by atoms with van der Waals surface area (Å²) in [5.41, 5.74) is 2.15. The van der Waals surface area contributed by atoms with Gasteiger partial charge >= 0.3 is 6.11 Å². The minimum absolute atomic E-state index is 0.121. The second-order valence-electron chi connectivity index (χ2n) is 12.1. The molecular formula is C35H49F3O. The zero-order valence-corrected chi connectivity index (χ0v) is 24.3. The molecule has 4 heteroatoms. The first-order valence-corrected chi connectivity index (χ1v) is 16.0. The van der Waals surface area contributed by atoms with Gasteiger partial charge in [-0.05, 0) is 73.1 Å². The van der Waals surface area contributed by atoms with Gasteiger partial charge in [0.1, 0.15) is 0 Å². The van der Waals surface area contributed by atoms with Crippen LogP contribution in [0.4, 0.5) is 13.2 Å². The second-order valence-corrected chi connectivity index (χ2v) is 12.1.